The molecule has 2 heteroatoms. The first-order valence-corrected chi connectivity index (χ1v) is 3.72. The molecule has 1 nitrogen and oxygen atoms in total. The molecule has 0 heterocycles. The molecule has 0 aromatic heterocycles. The first-order valence-electron chi connectivity index (χ1n) is 2.93. The van der Waals surface area contributed by atoms with E-state index in [1.54, 1.807) is 7.11 Å². The Kier molecular flexibility index (Phi) is 2.34. The molecule has 0 amide bonds. The highest BCUT2D eigenvalue weighted by molar-refractivity contribution is 9.11. The number of rotatable bonds is 1. The summed E-state index contributed by atoms with van der Waals surface area (Å²) < 4.78 is 6.24. The van der Waals surface area contributed by atoms with Crippen LogP contribution in [0.2, 0.25) is 0 Å². The topological polar surface area (TPSA) is 9.23 Å². The van der Waals surface area contributed by atoms with Gasteiger partial charge in [-0.25, -0.2) is 0 Å². The van der Waals surface area contributed by atoms with Gasteiger partial charge in [0, 0.05) is 0 Å². The van der Waals surface area contributed by atoms with Gasteiger partial charge >= 0.3 is 0 Å². The van der Waals surface area contributed by atoms with Crippen LogP contribution in [0.15, 0.2) is 22.4 Å². The number of ether oxygens (including phenoxy) is 1. The second-order valence-corrected chi connectivity index (χ2v) is 2.96. The third kappa shape index (κ3) is 1.86. The van der Waals surface area contributed by atoms with E-state index in [-0.39, 0.29) is 0 Å². The van der Waals surface area contributed by atoms with E-state index in [2.05, 4.69) is 22.0 Å². The molecule has 1 rings (SSSR count). The molecule has 0 unspecified atom stereocenters. The summed E-state index contributed by atoms with van der Waals surface area (Å²) in [4.78, 5) is 0. The Morgan fingerprint density at radius 1 is 1.67 bits per heavy atom. The molecular weight excluding hydrogens is 180 g/mol. The summed E-state index contributed by atoms with van der Waals surface area (Å²) >= 11 is 3.41. The lowest BCUT2D eigenvalue weighted by atomic mass is 10.2. The maximum absolute atomic E-state index is 5.02. The van der Waals surface area contributed by atoms with Gasteiger partial charge in [0.1, 0.15) is 5.76 Å². The predicted octanol–water partition coefficient (Wildman–Crippen LogP) is 2.59. The van der Waals surface area contributed by atoms with Crippen molar-refractivity contribution in [3.05, 3.63) is 22.4 Å². The standard InChI is InChI=1S/C7H9BrO/c1-9-7-4-2-3-6(8)5-7/h4-5H,2-3H2,1H3. The number of methoxy groups -OCH3 is 1. The van der Waals surface area contributed by atoms with Crippen molar-refractivity contribution in [3.63, 3.8) is 0 Å². The van der Waals surface area contributed by atoms with Crippen molar-refractivity contribution in [2.75, 3.05) is 7.11 Å². The van der Waals surface area contributed by atoms with Gasteiger partial charge in [-0.05, 0) is 29.5 Å². The predicted molar refractivity (Wildman–Crippen MR) is 41.3 cm³/mol. The zero-order valence-electron chi connectivity index (χ0n) is 5.36. The van der Waals surface area contributed by atoms with E-state index in [1.165, 1.54) is 4.48 Å². The van der Waals surface area contributed by atoms with Crippen molar-refractivity contribution >= 4 is 15.9 Å². The Hall–Kier alpha value is -0.240. The summed E-state index contributed by atoms with van der Waals surface area (Å²) in [7, 11) is 1.69. The Morgan fingerprint density at radius 3 is 2.89 bits per heavy atom. The van der Waals surface area contributed by atoms with Crippen LogP contribution in [0.4, 0.5) is 0 Å². The highest BCUT2D eigenvalue weighted by atomic mass is 79.9. The molecule has 0 spiro atoms. The summed E-state index contributed by atoms with van der Waals surface area (Å²) in [5, 5.41) is 0. The fraction of sp³-hybridized carbons (Fsp3) is 0.429. The van der Waals surface area contributed by atoms with Crippen molar-refractivity contribution in [1.29, 1.82) is 0 Å². The molecule has 1 aliphatic carbocycles. The number of halogens is 1. The first kappa shape index (κ1) is 6.87. The van der Waals surface area contributed by atoms with Gasteiger partial charge in [-0.3, -0.25) is 0 Å². The number of hydrogen-bond donors (Lipinski definition) is 0. The zero-order chi connectivity index (χ0) is 6.69. The van der Waals surface area contributed by atoms with Crippen molar-refractivity contribution < 1.29 is 4.74 Å². The zero-order valence-corrected chi connectivity index (χ0v) is 6.94. The van der Waals surface area contributed by atoms with Crippen molar-refractivity contribution in [3.8, 4) is 0 Å². The Morgan fingerprint density at radius 2 is 2.44 bits per heavy atom. The van der Waals surface area contributed by atoms with Crippen molar-refractivity contribution in [2.24, 2.45) is 0 Å². The minimum absolute atomic E-state index is 0.966. The molecule has 0 saturated heterocycles. The quantitative estimate of drug-likeness (QED) is 0.615. The molecule has 0 aliphatic heterocycles. The van der Waals surface area contributed by atoms with E-state index in [0.717, 1.165) is 18.6 Å². The maximum Gasteiger partial charge on any atom is 0.115 e. The van der Waals surface area contributed by atoms with Gasteiger partial charge in [0.05, 0.1) is 7.11 Å². The molecule has 0 aromatic rings. The molecule has 0 atom stereocenters. The Bertz CT molecular complexity index is 158. The van der Waals surface area contributed by atoms with E-state index in [4.69, 9.17) is 4.74 Å². The van der Waals surface area contributed by atoms with Gasteiger partial charge in [0.25, 0.3) is 0 Å². The second kappa shape index (κ2) is 3.06. The fourth-order valence-corrected chi connectivity index (χ4v) is 1.23. The highest BCUT2D eigenvalue weighted by Crippen LogP contribution is 2.21. The smallest absolute Gasteiger partial charge is 0.115 e. The van der Waals surface area contributed by atoms with Crippen LogP contribution in [0.5, 0.6) is 0 Å². The van der Waals surface area contributed by atoms with Gasteiger partial charge in [0.15, 0.2) is 0 Å². The van der Waals surface area contributed by atoms with Gasteiger partial charge in [-0.2, -0.15) is 0 Å². The summed E-state index contributed by atoms with van der Waals surface area (Å²) in [6, 6.07) is 0. The molecule has 0 saturated carbocycles. The minimum Gasteiger partial charge on any atom is -0.497 e. The summed E-state index contributed by atoms with van der Waals surface area (Å²) in [6.07, 6.45) is 6.28. The first-order chi connectivity index (χ1) is 4.33. The maximum atomic E-state index is 5.02. The van der Waals surface area contributed by atoms with Crippen LogP contribution in [0.3, 0.4) is 0 Å². The van der Waals surface area contributed by atoms with Gasteiger partial charge in [-0.15, -0.1) is 0 Å². The SMILES string of the molecule is COC1=CCCC(Br)=C1. The van der Waals surface area contributed by atoms with E-state index in [0.29, 0.717) is 0 Å². The molecular formula is C7H9BrO. The monoisotopic (exact) mass is 188 g/mol. The third-order valence-electron chi connectivity index (χ3n) is 1.26. The van der Waals surface area contributed by atoms with E-state index in [9.17, 15) is 0 Å². The van der Waals surface area contributed by atoms with E-state index >= 15 is 0 Å². The second-order valence-electron chi connectivity index (χ2n) is 1.94. The fourth-order valence-electron chi connectivity index (χ4n) is 0.780. The molecule has 50 valence electrons. The molecule has 0 bridgehead atoms. The molecule has 9 heavy (non-hydrogen) atoms. The largest absolute Gasteiger partial charge is 0.497 e. The van der Waals surface area contributed by atoms with Gasteiger partial charge in [0.2, 0.25) is 0 Å². The molecule has 0 aromatic carbocycles. The number of hydrogen-bond acceptors (Lipinski definition) is 1. The number of allylic oxidation sites excluding steroid dienone is 3. The minimum atomic E-state index is 0.966. The molecule has 0 N–H and O–H groups in total. The summed E-state index contributed by atoms with van der Waals surface area (Å²) in [6.45, 7) is 0. The Balaban J connectivity index is 2.63. The van der Waals surface area contributed by atoms with Gasteiger partial charge in [-0.1, -0.05) is 15.9 Å². The average molecular weight is 189 g/mol. The van der Waals surface area contributed by atoms with Crippen LogP contribution in [-0.4, -0.2) is 7.11 Å². The van der Waals surface area contributed by atoms with Crippen LogP contribution < -0.4 is 0 Å². The molecule has 1 aliphatic rings. The van der Waals surface area contributed by atoms with Gasteiger partial charge < -0.3 is 4.74 Å². The van der Waals surface area contributed by atoms with E-state index < -0.39 is 0 Å². The lowest BCUT2D eigenvalue weighted by Crippen LogP contribution is -1.88. The van der Waals surface area contributed by atoms with Crippen LogP contribution >= 0.6 is 15.9 Å². The summed E-state index contributed by atoms with van der Waals surface area (Å²) in [5.41, 5.74) is 0. The van der Waals surface area contributed by atoms with Crippen LogP contribution in [0.25, 0.3) is 0 Å². The third-order valence-corrected chi connectivity index (χ3v) is 1.89. The van der Waals surface area contributed by atoms with E-state index in [1.807, 2.05) is 6.08 Å². The lowest BCUT2D eigenvalue weighted by Gasteiger charge is -2.06. The van der Waals surface area contributed by atoms with Crippen molar-refractivity contribution in [2.45, 2.75) is 12.8 Å². The lowest BCUT2D eigenvalue weighted by molar-refractivity contribution is 0.303. The summed E-state index contributed by atoms with van der Waals surface area (Å²) in [5.74, 6) is 0.966. The molecule has 0 radical (unpaired) electrons. The normalized spacial score (nSPS) is 18.4. The van der Waals surface area contributed by atoms with Crippen LogP contribution in [0.1, 0.15) is 12.8 Å². The molecule has 0 fully saturated rings. The average Bonchev–Trinajstić information content (AvgIpc) is 1.88. The highest BCUT2D eigenvalue weighted by Gasteiger charge is 2.00. The van der Waals surface area contributed by atoms with Crippen molar-refractivity contribution in [1.82, 2.24) is 0 Å². The van der Waals surface area contributed by atoms with Crippen LogP contribution in [0, 0.1) is 0 Å². The Labute approximate surface area is 63.5 Å². The van der Waals surface area contributed by atoms with Crippen LogP contribution in [-0.2, 0) is 4.74 Å².